The molecule has 1 aromatic rings. The van der Waals surface area contributed by atoms with Gasteiger partial charge in [-0.1, -0.05) is 0 Å². The monoisotopic (exact) mass is 268 g/mol. The van der Waals surface area contributed by atoms with Crippen LogP contribution < -0.4 is 5.32 Å². The molecule has 5 heteroatoms. The van der Waals surface area contributed by atoms with Gasteiger partial charge in [0.2, 0.25) is 0 Å². The second-order valence-electron chi connectivity index (χ2n) is 4.34. The van der Waals surface area contributed by atoms with Crippen molar-refractivity contribution in [2.24, 2.45) is 0 Å². The Balaban J connectivity index is 2.11. The Morgan fingerprint density at radius 1 is 1.26 bits per heavy atom. The van der Waals surface area contributed by atoms with Gasteiger partial charge in [-0.15, -0.1) is 0 Å². The molecule has 0 spiro atoms. The summed E-state index contributed by atoms with van der Waals surface area (Å²) in [5.41, 5.74) is 1.15. The zero-order chi connectivity index (χ0) is 13.9. The lowest BCUT2D eigenvalue weighted by atomic mass is 10.1. The molecule has 0 aliphatic carbocycles. The molecule has 108 valence electrons. The van der Waals surface area contributed by atoms with Gasteiger partial charge in [0.25, 0.3) is 0 Å². The van der Waals surface area contributed by atoms with Crippen LogP contribution in [0, 0.1) is 0 Å². The topological polar surface area (TPSA) is 63.6 Å². The smallest absolute Gasteiger partial charge is 0.0897 e. The first kappa shape index (κ1) is 16.0. The van der Waals surface area contributed by atoms with Crippen molar-refractivity contribution in [1.82, 2.24) is 10.3 Å². The molecule has 0 fully saturated rings. The summed E-state index contributed by atoms with van der Waals surface area (Å²) < 4.78 is 10.5. The van der Waals surface area contributed by atoms with Crippen molar-refractivity contribution in [1.29, 1.82) is 0 Å². The summed E-state index contributed by atoms with van der Waals surface area (Å²) in [6.45, 7) is 6.60. The highest BCUT2D eigenvalue weighted by atomic mass is 16.5. The number of nitrogens with zero attached hydrogens (tertiary/aromatic N) is 1. The van der Waals surface area contributed by atoms with Crippen LogP contribution in [-0.4, -0.2) is 49.2 Å². The second kappa shape index (κ2) is 9.86. The number of nitrogens with one attached hydrogen (secondary N) is 1. The molecule has 0 bridgehead atoms. The van der Waals surface area contributed by atoms with Gasteiger partial charge in [-0.25, -0.2) is 0 Å². The molecule has 2 unspecified atom stereocenters. The molecule has 0 aliphatic rings. The third-order valence-electron chi connectivity index (χ3n) is 2.75. The van der Waals surface area contributed by atoms with E-state index in [1.807, 2.05) is 19.1 Å². The summed E-state index contributed by atoms with van der Waals surface area (Å²) in [6, 6.07) is 4.10. The average molecular weight is 268 g/mol. The van der Waals surface area contributed by atoms with Gasteiger partial charge in [-0.2, -0.15) is 0 Å². The second-order valence-corrected chi connectivity index (χ2v) is 4.34. The Bertz CT molecular complexity index is 322. The van der Waals surface area contributed by atoms with Crippen molar-refractivity contribution in [3.05, 3.63) is 30.1 Å². The molecule has 0 radical (unpaired) electrons. The van der Waals surface area contributed by atoms with E-state index < -0.39 is 6.10 Å². The van der Waals surface area contributed by atoms with E-state index >= 15 is 0 Å². The van der Waals surface area contributed by atoms with Gasteiger partial charge in [0, 0.05) is 31.6 Å². The Hall–Kier alpha value is -1.01. The Kier molecular flexibility index (Phi) is 8.33. The van der Waals surface area contributed by atoms with Crippen LogP contribution >= 0.6 is 0 Å². The van der Waals surface area contributed by atoms with Crippen molar-refractivity contribution in [3.8, 4) is 0 Å². The van der Waals surface area contributed by atoms with Crippen molar-refractivity contribution in [2.75, 3.05) is 33.0 Å². The average Bonchev–Trinajstić information content (AvgIpc) is 2.45. The molecule has 0 amide bonds. The third kappa shape index (κ3) is 7.22. The number of ether oxygens (including phenoxy) is 2. The number of rotatable bonds is 10. The predicted molar refractivity (Wildman–Crippen MR) is 74.0 cm³/mol. The molecular formula is C14H24N2O3. The van der Waals surface area contributed by atoms with Gasteiger partial charge in [0.1, 0.15) is 0 Å². The van der Waals surface area contributed by atoms with E-state index in [2.05, 4.69) is 17.2 Å². The Morgan fingerprint density at radius 2 is 1.95 bits per heavy atom. The molecule has 5 nitrogen and oxygen atoms in total. The molecular weight excluding hydrogens is 244 g/mol. The van der Waals surface area contributed by atoms with E-state index in [0.29, 0.717) is 33.0 Å². The highest BCUT2D eigenvalue weighted by Crippen LogP contribution is 2.09. The molecule has 1 aromatic heterocycles. The minimum Gasteiger partial charge on any atom is -0.389 e. The molecule has 1 rings (SSSR count). The van der Waals surface area contributed by atoms with Gasteiger partial charge in [-0.05, 0) is 31.5 Å². The zero-order valence-corrected chi connectivity index (χ0v) is 11.7. The molecule has 0 aliphatic heterocycles. The molecule has 2 atom stereocenters. The fourth-order valence-electron chi connectivity index (χ4n) is 1.62. The molecule has 0 saturated carbocycles. The Morgan fingerprint density at radius 3 is 2.63 bits per heavy atom. The summed E-state index contributed by atoms with van der Waals surface area (Å²) >= 11 is 0. The summed E-state index contributed by atoms with van der Waals surface area (Å²) in [7, 11) is 0. The number of hydrogen-bond acceptors (Lipinski definition) is 5. The van der Waals surface area contributed by atoms with Crippen LogP contribution in [0.15, 0.2) is 24.5 Å². The van der Waals surface area contributed by atoms with E-state index in [1.54, 1.807) is 12.4 Å². The van der Waals surface area contributed by atoms with E-state index in [1.165, 1.54) is 0 Å². The lowest BCUT2D eigenvalue weighted by molar-refractivity contribution is 0.00586. The van der Waals surface area contributed by atoms with Crippen molar-refractivity contribution in [2.45, 2.75) is 26.0 Å². The molecule has 0 saturated heterocycles. The minimum atomic E-state index is -0.508. The maximum Gasteiger partial charge on any atom is 0.0897 e. The summed E-state index contributed by atoms with van der Waals surface area (Å²) in [5.74, 6) is 0. The lowest BCUT2D eigenvalue weighted by Crippen LogP contribution is -2.32. The number of pyridine rings is 1. The van der Waals surface area contributed by atoms with Crippen molar-refractivity contribution >= 4 is 0 Å². The van der Waals surface area contributed by atoms with Crippen LogP contribution in [0.3, 0.4) is 0 Å². The van der Waals surface area contributed by atoms with Gasteiger partial charge in [0.05, 0.1) is 25.9 Å². The fraction of sp³-hybridized carbons (Fsp3) is 0.643. The van der Waals surface area contributed by atoms with Crippen LogP contribution in [-0.2, 0) is 9.47 Å². The van der Waals surface area contributed by atoms with Crippen LogP contribution in [0.2, 0.25) is 0 Å². The first-order chi connectivity index (χ1) is 9.24. The zero-order valence-electron chi connectivity index (χ0n) is 11.7. The van der Waals surface area contributed by atoms with Gasteiger partial charge < -0.3 is 19.9 Å². The number of aliphatic hydroxyl groups is 1. The number of aromatic nitrogens is 1. The highest BCUT2D eigenvalue weighted by molar-refractivity contribution is 5.13. The normalized spacial score (nSPS) is 14.3. The SMILES string of the molecule is CCOCCOCC(O)CNC(C)c1ccncc1. The van der Waals surface area contributed by atoms with E-state index in [4.69, 9.17) is 9.47 Å². The summed E-state index contributed by atoms with van der Waals surface area (Å²) in [5, 5.41) is 13.0. The first-order valence-corrected chi connectivity index (χ1v) is 6.71. The third-order valence-corrected chi connectivity index (χ3v) is 2.75. The van der Waals surface area contributed by atoms with Gasteiger partial charge in [0.15, 0.2) is 0 Å². The van der Waals surface area contributed by atoms with Crippen LogP contribution in [0.25, 0.3) is 0 Å². The predicted octanol–water partition coefficient (Wildman–Crippen LogP) is 1.15. The van der Waals surface area contributed by atoms with E-state index in [0.717, 1.165) is 5.56 Å². The summed E-state index contributed by atoms with van der Waals surface area (Å²) in [6.07, 6.45) is 3.02. The maximum atomic E-state index is 9.76. The van der Waals surface area contributed by atoms with Crippen molar-refractivity contribution < 1.29 is 14.6 Å². The molecule has 1 heterocycles. The number of aliphatic hydroxyl groups excluding tert-OH is 1. The standard InChI is InChI=1S/C14H24N2O3/c1-3-18-8-9-19-11-14(17)10-16-12(2)13-4-6-15-7-5-13/h4-7,12,14,16-17H,3,8-11H2,1-2H3. The quantitative estimate of drug-likeness (QED) is 0.623. The first-order valence-electron chi connectivity index (χ1n) is 6.71. The van der Waals surface area contributed by atoms with E-state index in [9.17, 15) is 5.11 Å². The lowest BCUT2D eigenvalue weighted by Gasteiger charge is -2.17. The van der Waals surface area contributed by atoms with Crippen LogP contribution in [0.4, 0.5) is 0 Å². The largest absolute Gasteiger partial charge is 0.389 e. The highest BCUT2D eigenvalue weighted by Gasteiger charge is 2.08. The van der Waals surface area contributed by atoms with Crippen LogP contribution in [0.5, 0.6) is 0 Å². The molecule has 0 aromatic carbocycles. The van der Waals surface area contributed by atoms with Crippen LogP contribution in [0.1, 0.15) is 25.5 Å². The fourth-order valence-corrected chi connectivity index (χ4v) is 1.62. The molecule has 19 heavy (non-hydrogen) atoms. The molecule has 2 N–H and O–H groups in total. The summed E-state index contributed by atoms with van der Waals surface area (Å²) in [4.78, 5) is 3.98. The van der Waals surface area contributed by atoms with E-state index in [-0.39, 0.29) is 6.04 Å². The van der Waals surface area contributed by atoms with Gasteiger partial charge >= 0.3 is 0 Å². The Labute approximate surface area is 115 Å². The maximum absolute atomic E-state index is 9.76. The van der Waals surface area contributed by atoms with Gasteiger partial charge in [-0.3, -0.25) is 4.98 Å². The van der Waals surface area contributed by atoms with Crippen molar-refractivity contribution in [3.63, 3.8) is 0 Å². The number of hydrogen-bond donors (Lipinski definition) is 2. The minimum absolute atomic E-state index is 0.182.